The molecular formula is C33H43N7O4S. The minimum Gasteiger partial charge on any atom is -0.457 e. The molecule has 0 bridgehead atoms. The van der Waals surface area contributed by atoms with Gasteiger partial charge in [0.25, 0.3) is 0 Å². The Hall–Kier alpha value is -4.16. The molecule has 4 aromatic rings. The average Bonchev–Trinajstić information content (AvgIpc) is 3.43. The van der Waals surface area contributed by atoms with Gasteiger partial charge in [-0.15, -0.1) is 5.10 Å². The monoisotopic (exact) mass is 633 g/mol. The molecule has 1 aliphatic heterocycles. The standard InChI is InChI=1S/C33H43N7O4S/c1-5-6-19-39(33(41)34-27-11-16-32-31(22-27)35-37-40(32)24(2)3)28-17-20-38(21-18-28)23-25-7-12-29(13-8-25)44-30-14-9-26(10-15-30)36-45(4,42)43/h7-16,22,24,28,36H,5-6,17-21,23H2,1-4H3,(H,34,41). The first kappa shape index (κ1) is 32.2. The van der Waals surface area contributed by atoms with Crippen LogP contribution in [0.4, 0.5) is 16.2 Å². The van der Waals surface area contributed by atoms with Crippen molar-refractivity contribution in [2.45, 2.75) is 65.1 Å². The first-order chi connectivity index (χ1) is 21.6. The van der Waals surface area contributed by atoms with Crippen molar-refractivity contribution < 1.29 is 17.9 Å². The second-order valence-corrected chi connectivity index (χ2v) is 13.7. The highest BCUT2D eigenvalue weighted by Crippen LogP contribution is 2.26. The molecule has 2 N–H and O–H groups in total. The van der Waals surface area contributed by atoms with Crippen LogP contribution in [0.5, 0.6) is 11.5 Å². The minimum absolute atomic E-state index is 0.0608. The molecule has 0 spiro atoms. The summed E-state index contributed by atoms with van der Waals surface area (Å²) >= 11 is 0. The zero-order chi connectivity index (χ0) is 32.0. The predicted molar refractivity (Wildman–Crippen MR) is 178 cm³/mol. The minimum atomic E-state index is -3.32. The number of unbranched alkanes of at least 4 members (excludes halogenated alkanes) is 1. The van der Waals surface area contributed by atoms with E-state index in [0.29, 0.717) is 17.2 Å². The number of carbonyl (C=O) groups excluding carboxylic acids is 1. The number of likely N-dealkylation sites (tertiary alicyclic amines) is 1. The van der Waals surface area contributed by atoms with E-state index in [9.17, 15) is 13.2 Å². The van der Waals surface area contributed by atoms with E-state index < -0.39 is 10.0 Å². The lowest BCUT2D eigenvalue weighted by Crippen LogP contribution is -2.49. The highest BCUT2D eigenvalue weighted by atomic mass is 32.2. The second-order valence-electron chi connectivity index (χ2n) is 12.0. The summed E-state index contributed by atoms with van der Waals surface area (Å²) in [5.74, 6) is 1.34. The fourth-order valence-corrected chi connectivity index (χ4v) is 6.19. The molecule has 2 amide bonds. The summed E-state index contributed by atoms with van der Waals surface area (Å²) in [6, 6.07) is 21.0. The predicted octanol–water partition coefficient (Wildman–Crippen LogP) is 6.47. The lowest BCUT2D eigenvalue weighted by molar-refractivity contribution is 0.122. The third-order valence-corrected chi connectivity index (χ3v) is 8.55. The number of hydrogen-bond donors (Lipinski definition) is 2. The van der Waals surface area contributed by atoms with E-state index in [4.69, 9.17) is 4.74 Å². The Labute approximate surface area is 265 Å². The van der Waals surface area contributed by atoms with Crippen molar-refractivity contribution in [2.24, 2.45) is 0 Å². The largest absolute Gasteiger partial charge is 0.457 e. The van der Waals surface area contributed by atoms with Crippen LogP contribution in [0.25, 0.3) is 11.0 Å². The molecular weight excluding hydrogens is 590 g/mol. The van der Waals surface area contributed by atoms with Gasteiger partial charge >= 0.3 is 6.03 Å². The Morgan fingerprint density at radius 1 is 1.00 bits per heavy atom. The van der Waals surface area contributed by atoms with Crippen molar-refractivity contribution in [3.63, 3.8) is 0 Å². The molecule has 45 heavy (non-hydrogen) atoms. The SMILES string of the molecule is CCCCN(C(=O)Nc1ccc2c(c1)nnn2C(C)C)C1CCN(Cc2ccc(Oc3ccc(NS(C)(=O)=O)cc3)cc2)CC1. The van der Waals surface area contributed by atoms with Gasteiger partial charge in [-0.05, 0) is 93.3 Å². The summed E-state index contributed by atoms with van der Waals surface area (Å²) in [4.78, 5) is 17.9. The van der Waals surface area contributed by atoms with E-state index in [-0.39, 0.29) is 18.1 Å². The molecule has 0 atom stereocenters. The van der Waals surface area contributed by atoms with Crippen molar-refractivity contribution >= 4 is 38.5 Å². The fraction of sp³-hybridized carbons (Fsp3) is 0.424. The number of anilines is 2. The molecule has 2 heterocycles. The molecule has 1 fully saturated rings. The molecule has 1 aromatic heterocycles. The van der Waals surface area contributed by atoms with Gasteiger partial charge in [0.05, 0.1) is 11.8 Å². The Morgan fingerprint density at radius 2 is 1.64 bits per heavy atom. The zero-order valence-electron chi connectivity index (χ0n) is 26.4. The molecule has 3 aromatic carbocycles. The number of carbonyl (C=O) groups is 1. The Bertz CT molecular complexity index is 1680. The van der Waals surface area contributed by atoms with Gasteiger partial charge in [0.2, 0.25) is 10.0 Å². The van der Waals surface area contributed by atoms with Gasteiger partial charge in [-0.1, -0.05) is 30.7 Å². The maximum absolute atomic E-state index is 13.5. The molecule has 240 valence electrons. The van der Waals surface area contributed by atoms with Crippen LogP contribution < -0.4 is 14.8 Å². The molecule has 0 aliphatic carbocycles. The van der Waals surface area contributed by atoms with Gasteiger partial charge in [-0.3, -0.25) is 9.62 Å². The summed E-state index contributed by atoms with van der Waals surface area (Å²) in [6.07, 6.45) is 4.95. The fourth-order valence-electron chi connectivity index (χ4n) is 5.63. The number of amides is 2. The summed E-state index contributed by atoms with van der Waals surface area (Å²) in [5, 5.41) is 11.7. The number of hydrogen-bond acceptors (Lipinski definition) is 7. The van der Waals surface area contributed by atoms with E-state index in [0.717, 1.165) is 74.8 Å². The van der Waals surface area contributed by atoms with E-state index in [1.54, 1.807) is 24.3 Å². The molecule has 0 radical (unpaired) electrons. The number of ether oxygens (including phenoxy) is 1. The first-order valence-corrected chi connectivity index (χ1v) is 17.5. The van der Waals surface area contributed by atoms with Gasteiger partial charge in [0.1, 0.15) is 17.0 Å². The normalized spacial score (nSPS) is 14.5. The molecule has 12 heteroatoms. The number of fused-ring (bicyclic) bond motifs is 1. The number of rotatable bonds is 12. The molecule has 1 saturated heterocycles. The molecule has 1 aliphatic rings. The van der Waals surface area contributed by atoms with Crippen LogP contribution in [0, 0.1) is 0 Å². The summed E-state index contributed by atoms with van der Waals surface area (Å²) < 4.78 is 33.1. The molecule has 0 unspecified atom stereocenters. The van der Waals surface area contributed by atoms with Crippen LogP contribution in [-0.4, -0.2) is 71.2 Å². The van der Waals surface area contributed by atoms with Gasteiger partial charge in [-0.2, -0.15) is 0 Å². The van der Waals surface area contributed by atoms with Crippen molar-refractivity contribution in [3.05, 3.63) is 72.3 Å². The van der Waals surface area contributed by atoms with E-state index in [1.807, 2.05) is 39.9 Å². The quantitative estimate of drug-likeness (QED) is 0.183. The van der Waals surface area contributed by atoms with Crippen LogP contribution in [-0.2, 0) is 16.6 Å². The van der Waals surface area contributed by atoms with Crippen molar-refractivity contribution in [1.82, 2.24) is 24.8 Å². The summed E-state index contributed by atoms with van der Waals surface area (Å²) in [5.41, 5.74) is 4.14. The van der Waals surface area contributed by atoms with Crippen LogP contribution in [0.15, 0.2) is 66.7 Å². The Kier molecular flexibility index (Phi) is 10.2. The third kappa shape index (κ3) is 8.73. The summed E-state index contributed by atoms with van der Waals surface area (Å²) in [6.45, 7) is 9.68. The lowest BCUT2D eigenvalue weighted by Gasteiger charge is -2.38. The van der Waals surface area contributed by atoms with E-state index >= 15 is 0 Å². The van der Waals surface area contributed by atoms with Crippen molar-refractivity contribution in [1.29, 1.82) is 0 Å². The highest BCUT2D eigenvalue weighted by molar-refractivity contribution is 7.92. The topological polar surface area (TPSA) is 122 Å². The third-order valence-electron chi connectivity index (χ3n) is 7.95. The maximum atomic E-state index is 13.5. The number of nitrogens with one attached hydrogen (secondary N) is 2. The summed E-state index contributed by atoms with van der Waals surface area (Å²) in [7, 11) is -3.32. The van der Waals surface area contributed by atoms with Crippen LogP contribution in [0.2, 0.25) is 0 Å². The van der Waals surface area contributed by atoms with Gasteiger partial charge < -0.3 is 15.0 Å². The molecule has 11 nitrogen and oxygen atoms in total. The van der Waals surface area contributed by atoms with E-state index in [1.165, 1.54) is 5.56 Å². The van der Waals surface area contributed by atoms with Gasteiger partial charge in [0, 0.05) is 49.6 Å². The molecule has 5 rings (SSSR count). The number of aromatic nitrogens is 3. The van der Waals surface area contributed by atoms with E-state index in [2.05, 4.69) is 58.2 Å². The maximum Gasteiger partial charge on any atom is 0.322 e. The number of benzene rings is 3. The van der Waals surface area contributed by atoms with Crippen molar-refractivity contribution in [2.75, 3.05) is 35.9 Å². The van der Waals surface area contributed by atoms with Crippen LogP contribution in [0.3, 0.4) is 0 Å². The first-order valence-electron chi connectivity index (χ1n) is 15.6. The number of nitrogens with zero attached hydrogens (tertiary/aromatic N) is 5. The molecule has 0 saturated carbocycles. The smallest absolute Gasteiger partial charge is 0.322 e. The van der Waals surface area contributed by atoms with Crippen molar-refractivity contribution in [3.8, 4) is 11.5 Å². The Morgan fingerprint density at radius 3 is 2.27 bits per heavy atom. The lowest BCUT2D eigenvalue weighted by atomic mass is 10.0. The highest BCUT2D eigenvalue weighted by Gasteiger charge is 2.28. The number of piperidine rings is 1. The van der Waals surface area contributed by atoms with Crippen LogP contribution >= 0.6 is 0 Å². The van der Waals surface area contributed by atoms with Gasteiger partial charge in [-0.25, -0.2) is 17.9 Å². The van der Waals surface area contributed by atoms with Gasteiger partial charge in [0.15, 0.2) is 0 Å². The second kappa shape index (κ2) is 14.3. The van der Waals surface area contributed by atoms with Crippen LogP contribution in [0.1, 0.15) is 58.1 Å². The number of sulfonamides is 1. The number of urea groups is 1. The average molecular weight is 634 g/mol. The Balaban J connectivity index is 1.13. The zero-order valence-corrected chi connectivity index (χ0v) is 27.3.